The highest BCUT2D eigenvalue weighted by molar-refractivity contribution is 5.77. The van der Waals surface area contributed by atoms with Crippen LogP contribution >= 0.6 is 0 Å². The normalized spacial score (nSPS) is 19.7. The molecule has 0 radical (unpaired) electrons. The van der Waals surface area contributed by atoms with Crippen LogP contribution in [0, 0.1) is 0 Å². The van der Waals surface area contributed by atoms with Gasteiger partial charge in [0.25, 0.3) is 0 Å². The lowest BCUT2D eigenvalue weighted by Crippen LogP contribution is -2.71. The maximum absolute atomic E-state index is 13.4. The summed E-state index contributed by atoms with van der Waals surface area (Å²) >= 11 is 0. The van der Waals surface area contributed by atoms with E-state index < -0.39 is 48.1 Å². The SMILES string of the molecule is O=C(F)C(F)(OC(F)(C(F)(F)F)C(F)(F)C(F)(F)C(F)(F)F)C(F)(F)F. The smallest absolute Gasteiger partial charge is 0.280 e. The van der Waals surface area contributed by atoms with E-state index in [-0.39, 0.29) is 0 Å². The molecule has 0 aromatic rings. The molecule has 0 spiro atoms. The van der Waals surface area contributed by atoms with E-state index >= 15 is 0 Å². The second-order valence-corrected chi connectivity index (χ2v) is 4.21. The zero-order valence-corrected chi connectivity index (χ0v) is 10.9. The van der Waals surface area contributed by atoms with E-state index in [1.807, 2.05) is 0 Å². The Bertz CT molecular complexity index is 542. The molecule has 2 atom stereocenters. The summed E-state index contributed by atoms with van der Waals surface area (Å²) in [6.45, 7) is 0. The van der Waals surface area contributed by atoms with Crippen molar-refractivity contribution < 1.29 is 79.8 Å². The molecule has 0 rings (SSSR count). The Kier molecular flexibility index (Phi) is 5.67. The maximum atomic E-state index is 13.4. The van der Waals surface area contributed by atoms with Crippen LogP contribution in [0.15, 0.2) is 0 Å². The van der Waals surface area contributed by atoms with Gasteiger partial charge in [-0.15, -0.1) is 0 Å². The molecule has 2 unspecified atom stereocenters. The van der Waals surface area contributed by atoms with E-state index in [0.717, 1.165) is 0 Å². The maximum Gasteiger partial charge on any atom is 0.460 e. The number of carbonyl (C=O) groups is 1. The Morgan fingerprint density at radius 2 is 0.885 bits per heavy atom. The molecule has 156 valence electrons. The van der Waals surface area contributed by atoms with Crippen molar-refractivity contribution in [1.82, 2.24) is 0 Å². The van der Waals surface area contributed by atoms with Gasteiger partial charge in [-0.05, 0) is 0 Å². The second kappa shape index (κ2) is 6.01. The minimum atomic E-state index is -8.35. The average molecular weight is 432 g/mol. The van der Waals surface area contributed by atoms with Gasteiger partial charge in [0, 0.05) is 0 Å². The van der Waals surface area contributed by atoms with Gasteiger partial charge in [-0.3, -0.25) is 9.53 Å². The predicted octanol–water partition coefficient (Wildman–Crippen LogP) is 4.79. The number of hydrogen-bond acceptors (Lipinski definition) is 2. The Balaban J connectivity index is 6.75. The first-order valence-electron chi connectivity index (χ1n) is 5.14. The van der Waals surface area contributed by atoms with Crippen molar-refractivity contribution in [1.29, 1.82) is 0 Å². The monoisotopic (exact) mass is 432 g/mol. The van der Waals surface area contributed by atoms with Crippen LogP contribution in [-0.2, 0) is 9.53 Å². The lowest BCUT2D eigenvalue weighted by Gasteiger charge is -2.40. The van der Waals surface area contributed by atoms with Gasteiger partial charge < -0.3 is 0 Å². The van der Waals surface area contributed by atoms with Crippen molar-refractivity contribution in [3.05, 3.63) is 0 Å². The van der Waals surface area contributed by atoms with E-state index in [1.165, 1.54) is 4.74 Å². The fraction of sp³-hybridized carbons (Fsp3) is 0.875. The summed E-state index contributed by atoms with van der Waals surface area (Å²) in [6.07, 6.45) is -23.1. The number of ether oxygens (including phenoxy) is 1. The first-order chi connectivity index (χ1) is 10.9. The molecule has 0 amide bonds. The molecule has 0 aliphatic carbocycles. The number of carbonyl (C=O) groups excluding carboxylic acids is 1. The Hall–Kier alpha value is -1.49. The lowest BCUT2D eigenvalue weighted by molar-refractivity contribution is -0.498. The predicted molar refractivity (Wildman–Crippen MR) is 42.9 cm³/mol. The quantitative estimate of drug-likeness (QED) is 0.462. The van der Waals surface area contributed by atoms with Crippen LogP contribution < -0.4 is 0 Å². The van der Waals surface area contributed by atoms with Gasteiger partial charge in [0.2, 0.25) is 0 Å². The van der Waals surface area contributed by atoms with Crippen molar-refractivity contribution in [2.24, 2.45) is 0 Å². The fourth-order valence-corrected chi connectivity index (χ4v) is 1.08. The molecule has 0 heterocycles. The highest BCUT2D eigenvalue weighted by Gasteiger charge is 2.90. The molecule has 0 aromatic heterocycles. The molecule has 2 nitrogen and oxygen atoms in total. The van der Waals surface area contributed by atoms with E-state index in [9.17, 15) is 75.0 Å². The van der Waals surface area contributed by atoms with Gasteiger partial charge in [0.1, 0.15) is 0 Å². The van der Waals surface area contributed by atoms with Crippen LogP contribution in [0.1, 0.15) is 0 Å². The van der Waals surface area contributed by atoms with Crippen molar-refractivity contribution in [3.63, 3.8) is 0 Å². The Morgan fingerprint density at radius 3 is 1.08 bits per heavy atom. The molecule has 0 aromatic carbocycles. The molecule has 0 saturated carbocycles. The molecule has 0 N–H and O–H groups in total. The second-order valence-electron chi connectivity index (χ2n) is 4.21. The summed E-state index contributed by atoms with van der Waals surface area (Å²) in [5.74, 6) is -31.9. The average Bonchev–Trinajstić information content (AvgIpc) is 2.33. The van der Waals surface area contributed by atoms with Crippen LogP contribution in [0.25, 0.3) is 0 Å². The first kappa shape index (κ1) is 24.5. The molecule has 26 heavy (non-hydrogen) atoms. The Labute approximate surface area is 129 Å². The molecule has 18 heteroatoms. The van der Waals surface area contributed by atoms with E-state index in [4.69, 9.17) is 0 Å². The number of alkyl halides is 15. The molecule has 0 bridgehead atoms. The van der Waals surface area contributed by atoms with E-state index in [2.05, 4.69) is 0 Å². The third-order valence-electron chi connectivity index (χ3n) is 2.42. The van der Waals surface area contributed by atoms with Gasteiger partial charge in [-0.2, -0.15) is 70.2 Å². The highest BCUT2D eigenvalue weighted by Crippen LogP contribution is 2.59. The lowest BCUT2D eigenvalue weighted by atomic mass is 10.0. The van der Waals surface area contributed by atoms with Gasteiger partial charge in [-0.25, -0.2) is 0 Å². The zero-order valence-electron chi connectivity index (χ0n) is 10.9. The van der Waals surface area contributed by atoms with Crippen LogP contribution in [0.4, 0.5) is 70.2 Å². The van der Waals surface area contributed by atoms with Crippen molar-refractivity contribution >= 4 is 6.04 Å². The highest BCUT2D eigenvalue weighted by atomic mass is 19.4. The van der Waals surface area contributed by atoms with Crippen LogP contribution in [0.3, 0.4) is 0 Å². The summed E-state index contributed by atoms with van der Waals surface area (Å²) < 4.78 is 199. The summed E-state index contributed by atoms with van der Waals surface area (Å²) in [5, 5.41) is 0. The number of rotatable bonds is 5. The summed E-state index contributed by atoms with van der Waals surface area (Å²) in [7, 11) is 0. The Morgan fingerprint density at radius 1 is 0.538 bits per heavy atom. The van der Waals surface area contributed by atoms with Crippen LogP contribution in [-0.4, -0.2) is 48.1 Å². The molecule has 0 aliphatic heterocycles. The molecular formula is C8F16O2. The third-order valence-corrected chi connectivity index (χ3v) is 2.42. The van der Waals surface area contributed by atoms with Gasteiger partial charge in [0.15, 0.2) is 0 Å². The van der Waals surface area contributed by atoms with Gasteiger partial charge in [-0.1, -0.05) is 0 Å². The first-order valence-corrected chi connectivity index (χ1v) is 5.14. The van der Waals surface area contributed by atoms with E-state index in [1.54, 1.807) is 0 Å². The van der Waals surface area contributed by atoms with Crippen molar-refractivity contribution in [3.8, 4) is 0 Å². The number of halogens is 16. The van der Waals surface area contributed by atoms with Gasteiger partial charge >= 0.3 is 48.1 Å². The van der Waals surface area contributed by atoms with Crippen LogP contribution in [0.5, 0.6) is 0 Å². The fourth-order valence-electron chi connectivity index (χ4n) is 1.08. The minimum absolute atomic E-state index is 1.32. The summed E-state index contributed by atoms with van der Waals surface area (Å²) in [6, 6.07) is -4.80. The molecule has 0 aliphatic rings. The third kappa shape index (κ3) is 3.38. The topological polar surface area (TPSA) is 26.3 Å². The largest absolute Gasteiger partial charge is 0.460 e. The van der Waals surface area contributed by atoms with Crippen molar-refractivity contribution in [2.45, 2.75) is 42.1 Å². The summed E-state index contributed by atoms with van der Waals surface area (Å²) in [4.78, 5) is 9.82. The molecular weight excluding hydrogens is 432 g/mol. The number of hydrogen-bond donors (Lipinski definition) is 0. The van der Waals surface area contributed by atoms with Crippen molar-refractivity contribution in [2.75, 3.05) is 0 Å². The summed E-state index contributed by atoms with van der Waals surface area (Å²) in [5.41, 5.74) is 0. The minimum Gasteiger partial charge on any atom is -0.280 e. The standard InChI is InChI=1S/C8F16O2/c9-1(25)2(10,6(16,17)18)26-5(15,8(22,23)24)3(11,12)4(13,14)7(19,20)21. The van der Waals surface area contributed by atoms with Gasteiger partial charge in [0.05, 0.1) is 0 Å². The molecule has 0 saturated heterocycles. The van der Waals surface area contributed by atoms with Crippen LogP contribution in [0.2, 0.25) is 0 Å². The zero-order chi connectivity index (χ0) is 21.8. The molecule has 0 fully saturated rings. The van der Waals surface area contributed by atoms with E-state index in [0.29, 0.717) is 0 Å².